The molecule has 0 aliphatic carbocycles. The van der Waals surface area contributed by atoms with Crippen LogP contribution in [-0.4, -0.2) is 45.4 Å². The van der Waals surface area contributed by atoms with Crippen molar-refractivity contribution in [2.24, 2.45) is 23.0 Å². The molecule has 0 saturated carbocycles. The molecule has 0 saturated heterocycles. The summed E-state index contributed by atoms with van der Waals surface area (Å²) in [5.41, 5.74) is 6.48. The molecule has 3 rings (SSSR count). The molecule has 4 N–H and O–H groups in total. The predicted octanol–water partition coefficient (Wildman–Crippen LogP) is 3.64. The van der Waals surface area contributed by atoms with E-state index in [1.54, 1.807) is 24.3 Å². The molecule has 2 atom stereocenters. The summed E-state index contributed by atoms with van der Waals surface area (Å²) >= 11 is 0. The average molecular weight is 534 g/mol. The quantitative estimate of drug-likeness (QED) is 0.425. The second kappa shape index (κ2) is 11.2. The fourth-order valence-corrected chi connectivity index (χ4v) is 5.64. The van der Waals surface area contributed by atoms with E-state index in [1.165, 1.54) is 16.4 Å². The van der Waals surface area contributed by atoms with Crippen LogP contribution < -0.4 is 24.8 Å². The Hall–Kier alpha value is -2.98. The van der Waals surface area contributed by atoms with Crippen molar-refractivity contribution in [3.63, 3.8) is 0 Å². The minimum atomic E-state index is -4.02. The molecular formula is C27H39N3O6S. The molecule has 1 unspecified atom stereocenters. The predicted molar refractivity (Wildman–Crippen MR) is 143 cm³/mol. The number of rotatable bonds is 10. The Morgan fingerprint density at radius 3 is 2.46 bits per heavy atom. The number of nitrogens with zero attached hydrogens (tertiary/aromatic N) is 1. The van der Waals surface area contributed by atoms with Crippen LogP contribution >= 0.6 is 0 Å². The van der Waals surface area contributed by atoms with Crippen LogP contribution in [0.4, 0.5) is 5.69 Å². The number of carbonyl (C=O) groups excluding carboxylic acids is 1. The van der Waals surface area contributed by atoms with Crippen molar-refractivity contribution >= 4 is 21.6 Å². The minimum Gasteiger partial charge on any atom is -0.505 e. The van der Waals surface area contributed by atoms with Crippen LogP contribution in [-0.2, 0) is 21.2 Å². The molecule has 37 heavy (non-hydrogen) atoms. The van der Waals surface area contributed by atoms with Crippen LogP contribution in [0.1, 0.15) is 47.1 Å². The molecule has 0 radical (unpaired) electrons. The van der Waals surface area contributed by atoms with Gasteiger partial charge in [-0.25, -0.2) is 8.42 Å². The van der Waals surface area contributed by atoms with Crippen molar-refractivity contribution < 1.29 is 27.8 Å². The molecular weight excluding hydrogens is 494 g/mol. The van der Waals surface area contributed by atoms with Gasteiger partial charge in [0.2, 0.25) is 12.7 Å². The molecule has 2 aromatic carbocycles. The Kier molecular flexibility index (Phi) is 8.64. The second-order valence-electron chi connectivity index (χ2n) is 11.1. The maximum absolute atomic E-state index is 13.7. The number of hydrogen-bond donors (Lipinski definition) is 3. The number of sulfonamides is 1. The van der Waals surface area contributed by atoms with E-state index in [0.717, 1.165) is 0 Å². The number of phenols is 1. The van der Waals surface area contributed by atoms with Crippen LogP contribution in [0.25, 0.3) is 0 Å². The number of ether oxygens (including phenoxy) is 2. The van der Waals surface area contributed by atoms with Crippen molar-refractivity contribution in [1.82, 2.24) is 5.32 Å². The van der Waals surface area contributed by atoms with Crippen LogP contribution in [0.15, 0.2) is 41.3 Å². The van der Waals surface area contributed by atoms with Crippen LogP contribution in [0.5, 0.6) is 17.2 Å². The SMILES string of the molecule is CC(C)CN(c1cccc(CC(C)CNC(=O)[C@H](N)C(C)(C)C)c1O)S(=O)(=O)c1ccc2c(c1)OCO2. The first-order valence-electron chi connectivity index (χ1n) is 12.5. The Labute approximate surface area is 220 Å². The number of hydrogen-bond acceptors (Lipinski definition) is 7. The summed E-state index contributed by atoms with van der Waals surface area (Å²) < 4.78 is 39.4. The van der Waals surface area contributed by atoms with Gasteiger partial charge in [0.15, 0.2) is 11.5 Å². The fraction of sp³-hybridized carbons (Fsp3) is 0.519. The first kappa shape index (κ1) is 28.6. The van der Waals surface area contributed by atoms with Gasteiger partial charge in [0, 0.05) is 19.2 Å². The van der Waals surface area contributed by atoms with Gasteiger partial charge in [0.05, 0.1) is 16.6 Å². The molecule has 0 spiro atoms. The van der Waals surface area contributed by atoms with E-state index in [1.807, 2.05) is 41.5 Å². The van der Waals surface area contributed by atoms with E-state index in [-0.39, 0.29) is 52.8 Å². The van der Waals surface area contributed by atoms with Gasteiger partial charge in [-0.05, 0) is 47.4 Å². The number of nitrogens with two attached hydrogens (primary N) is 1. The molecule has 0 fully saturated rings. The Morgan fingerprint density at radius 2 is 1.81 bits per heavy atom. The molecule has 0 aromatic heterocycles. The number of carbonyl (C=O) groups is 1. The zero-order chi connectivity index (χ0) is 27.5. The number of fused-ring (bicyclic) bond motifs is 1. The molecule has 9 nitrogen and oxygen atoms in total. The van der Waals surface area contributed by atoms with Gasteiger partial charge in [-0.15, -0.1) is 0 Å². The van der Waals surface area contributed by atoms with E-state index in [0.29, 0.717) is 30.0 Å². The van der Waals surface area contributed by atoms with Gasteiger partial charge >= 0.3 is 0 Å². The maximum atomic E-state index is 13.7. The lowest BCUT2D eigenvalue weighted by atomic mass is 9.87. The second-order valence-corrected chi connectivity index (χ2v) is 13.0. The Morgan fingerprint density at radius 1 is 1.14 bits per heavy atom. The lowest BCUT2D eigenvalue weighted by Gasteiger charge is -2.28. The van der Waals surface area contributed by atoms with E-state index in [4.69, 9.17) is 15.2 Å². The van der Waals surface area contributed by atoms with Crippen molar-refractivity contribution in [2.45, 2.75) is 58.9 Å². The van der Waals surface area contributed by atoms with Crippen LogP contribution in [0.3, 0.4) is 0 Å². The third-order valence-corrected chi connectivity index (χ3v) is 8.01. The maximum Gasteiger partial charge on any atom is 0.264 e. The van der Waals surface area contributed by atoms with Crippen LogP contribution in [0.2, 0.25) is 0 Å². The Balaban J connectivity index is 1.84. The van der Waals surface area contributed by atoms with E-state index < -0.39 is 16.1 Å². The molecule has 1 heterocycles. The van der Waals surface area contributed by atoms with Crippen molar-refractivity contribution in [3.8, 4) is 17.2 Å². The third-order valence-electron chi connectivity index (χ3n) is 6.24. The number of benzene rings is 2. The highest BCUT2D eigenvalue weighted by Gasteiger charge is 2.31. The summed E-state index contributed by atoms with van der Waals surface area (Å²) in [6.07, 6.45) is 0.435. The van der Waals surface area contributed by atoms with E-state index in [9.17, 15) is 18.3 Å². The highest BCUT2D eigenvalue weighted by Crippen LogP contribution is 2.39. The number of amides is 1. The molecule has 1 aliphatic heterocycles. The highest BCUT2D eigenvalue weighted by atomic mass is 32.2. The molecule has 204 valence electrons. The van der Waals surface area contributed by atoms with Gasteiger partial charge in [-0.3, -0.25) is 9.10 Å². The lowest BCUT2D eigenvalue weighted by Crippen LogP contribution is -2.49. The Bertz CT molecular complexity index is 1220. The van der Waals surface area contributed by atoms with Crippen molar-refractivity contribution in [2.75, 3.05) is 24.2 Å². The van der Waals surface area contributed by atoms with Crippen LogP contribution in [0, 0.1) is 17.3 Å². The first-order valence-corrected chi connectivity index (χ1v) is 13.9. The number of aromatic hydroxyl groups is 1. The standard InChI is InChI=1S/C27H39N3O6S/c1-17(2)15-30(37(33,34)20-10-11-22-23(13-20)36-16-35-22)21-9-7-8-19(24(21)31)12-18(3)14-29-26(32)25(28)27(4,5)6/h7-11,13,17-18,25,31H,12,14-16,28H2,1-6H3,(H,29,32)/t18?,25-/m0/s1. The number of anilines is 1. The summed E-state index contributed by atoms with van der Waals surface area (Å²) in [4.78, 5) is 12.4. The molecule has 2 aromatic rings. The summed E-state index contributed by atoms with van der Waals surface area (Å²) in [6, 6.07) is 8.94. The smallest absolute Gasteiger partial charge is 0.264 e. The number of phenolic OH excluding ortho intramolecular Hbond substituents is 1. The zero-order valence-corrected chi connectivity index (χ0v) is 23.3. The fourth-order valence-electron chi connectivity index (χ4n) is 3.99. The summed E-state index contributed by atoms with van der Waals surface area (Å²) in [5, 5.41) is 14.1. The van der Waals surface area contributed by atoms with E-state index >= 15 is 0 Å². The van der Waals surface area contributed by atoms with Gasteiger partial charge in [0.1, 0.15) is 5.75 Å². The average Bonchev–Trinajstić information content (AvgIpc) is 3.29. The third kappa shape index (κ3) is 6.67. The van der Waals surface area contributed by atoms with E-state index in [2.05, 4.69) is 5.32 Å². The van der Waals surface area contributed by atoms with Gasteiger partial charge in [-0.2, -0.15) is 0 Å². The monoisotopic (exact) mass is 533 g/mol. The molecule has 10 heteroatoms. The molecule has 0 bridgehead atoms. The topological polar surface area (TPSA) is 131 Å². The molecule has 1 aliphatic rings. The largest absolute Gasteiger partial charge is 0.505 e. The summed E-state index contributed by atoms with van der Waals surface area (Å²) in [6.45, 7) is 12.1. The zero-order valence-electron chi connectivity index (χ0n) is 22.4. The number of para-hydroxylation sites is 1. The van der Waals surface area contributed by atoms with Gasteiger partial charge in [0.25, 0.3) is 10.0 Å². The number of nitrogens with one attached hydrogen (secondary N) is 1. The van der Waals surface area contributed by atoms with Gasteiger partial charge in [-0.1, -0.05) is 53.7 Å². The molecule has 1 amide bonds. The minimum absolute atomic E-state index is 0.00648. The van der Waals surface area contributed by atoms with Gasteiger partial charge < -0.3 is 25.6 Å². The van der Waals surface area contributed by atoms with Crippen molar-refractivity contribution in [3.05, 3.63) is 42.0 Å². The normalized spacial score (nSPS) is 14.9. The van der Waals surface area contributed by atoms with Crippen molar-refractivity contribution in [1.29, 1.82) is 0 Å². The first-order chi connectivity index (χ1) is 17.2. The summed E-state index contributed by atoms with van der Waals surface area (Å²) in [5.74, 6) is 0.496. The highest BCUT2D eigenvalue weighted by molar-refractivity contribution is 7.92. The lowest BCUT2D eigenvalue weighted by molar-refractivity contribution is -0.124. The summed E-state index contributed by atoms with van der Waals surface area (Å²) in [7, 11) is -4.02.